The molecular formula is C16H9F3N2O2S. The van der Waals surface area contributed by atoms with Crippen molar-refractivity contribution in [3.63, 3.8) is 0 Å². The summed E-state index contributed by atoms with van der Waals surface area (Å²) in [5.41, 5.74) is 0.526. The minimum absolute atomic E-state index is 0.0174. The predicted octanol–water partition coefficient (Wildman–Crippen LogP) is 4.18. The maximum absolute atomic E-state index is 12.8. The monoisotopic (exact) mass is 350 g/mol. The van der Waals surface area contributed by atoms with Gasteiger partial charge in [0.25, 0.3) is 5.91 Å². The molecule has 4 nitrogen and oxygen atoms in total. The fourth-order valence-corrected chi connectivity index (χ4v) is 3.68. The summed E-state index contributed by atoms with van der Waals surface area (Å²) in [6.45, 7) is 0.146. The van der Waals surface area contributed by atoms with Crippen molar-refractivity contribution in [3.8, 4) is 5.75 Å². The molecule has 0 unspecified atom stereocenters. The fourth-order valence-electron chi connectivity index (χ4n) is 2.68. The summed E-state index contributed by atoms with van der Waals surface area (Å²) < 4.78 is 38.8. The van der Waals surface area contributed by atoms with Crippen LogP contribution in [0.15, 0.2) is 36.4 Å². The van der Waals surface area contributed by atoms with Gasteiger partial charge in [-0.05, 0) is 30.3 Å². The smallest absolute Gasteiger partial charge is 0.416 e. The first-order chi connectivity index (χ1) is 11.3. The number of hydrogen-bond acceptors (Lipinski definition) is 4. The second kappa shape index (κ2) is 4.94. The molecule has 0 bridgehead atoms. The number of amides is 1. The molecule has 1 amide bonds. The van der Waals surface area contributed by atoms with Crippen molar-refractivity contribution in [3.05, 3.63) is 53.1 Å². The molecule has 0 saturated heterocycles. The first kappa shape index (κ1) is 14.9. The number of phenols is 1. The Bertz CT molecular complexity index is 981. The van der Waals surface area contributed by atoms with Crippen molar-refractivity contribution in [2.45, 2.75) is 12.7 Å². The Morgan fingerprint density at radius 1 is 1.21 bits per heavy atom. The molecular weight excluding hydrogens is 341 g/mol. The van der Waals surface area contributed by atoms with Crippen molar-refractivity contribution < 1.29 is 23.1 Å². The van der Waals surface area contributed by atoms with Crippen molar-refractivity contribution in [1.29, 1.82) is 0 Å². The Kier molecular flexibility index (Phi) is 3.08. The third-order valence-electron chi connectivity index (χ3n) is 3.88. The van der Waals surface area contributed by atoms with Crippen LogP contribution < -0.4 is 4.90 Å². The van der Waals surface area contributed by atoms with Crippen LogP contribution in [0, 0.1) is 0 Å². The van der Waals surface area contributed by atoms with Crippen LogP contribution in [-0.4, -0.2) is 16.0 Å². The lowest BCUT2D eigenvalue weighted by atomic mass is 10.1. The number of aromatic hydroxyl groups is 1. The van der Waals surface area contributed by atoms with Crippen LogP contribution in [0.4, 0.5) is 18.3 Å². The SMILES string of the molecule is O=C1c2cccc(O)c2CN1c1nc2ccc(C(F)(F)F)cc2s1. The van der Waals surface area contributed by atoms with E-state index < -0.39 is 11.7 Å². The van der Waals surface area contributed by atoms with Crippen molar-refractivity contribution >= 4 is 32.6 Å². The molecule has 122 valence electrons. The maximum Gasteiger partial charge on any atom is 0.416 e. The van der Waals surface area contributed by atoms with Gasteiger partial charge in [-0.2, -0.15) is 13.2 Å². The number of nitrogens with zero attached hydrogens (tertiary/aromatic N) is 2. The first-order valence-electron chi connectivity index (χ1n) is 6.95. The van der Waals surface area contributed by atoms with Crippen LogP contribution in [0.2, 0.25) is 0 Å². The number of aromatic nitrogens is 1. The number of hydrogen-bond donors (Lipinski definition) is 1. The molecule has 0 radical (unpaired) electrons. The van der Waals surface area contributed by atoms with Crippen LogP contribution in [0.5, 0.6) is 5.75 Å². The quantitative estimate of drug-likeness (QED) is 0.716. The van der Waals surface area contributed by atoms with Crippen LogP contribution in [0.3, 0.4) is 0 Å². The lowest BCUT2D eigenvalue weighted by Gasteiger charge is -2.10. The number of carbonyl (C=O) groups excluding carboxylic acids is 1. The molecule has 0 fully saturated rings. The largest absolute Gasteiger partial charge is 0.508 e. The second-order valence-corrected chi connectivity index (χ2v) is 6.38. The molecule has 0 aliphatic carbocycles. The van der Waals surface area contributed by atoms with Gasteiger partial charge in [-0.3, -0.25) is 9.69 Å². The van der Waals surface area contributed by atoms with Gasteiger partial charge in [0.05, 0.1) is 22.3 Å². The number of benzene rings is 2. The van der Waals surface area contributed by atoms with E-state index in [-0.39, 0.29) is 18.2 Å². The molecule has 2 heterocycles. The van der Waals surface area contributed by atoms with Crippen LogP contribution in [-0.2, 0) is 12.7 Å². The molecule has 24 heavy (non-hydrogen) atoms. The lowest BCUT2D eigenvalue weighted by molar-refractivity contribution is -0.137. The molecule has 0 spiro atoms. The number of rotatable bonds is 1. The summed E-state index contributed by atoms with van der Waals surface area (Å²) in [5.74, 6) is -0.306. The number of phenolic OH excluding ortho intramolecular Hbond substituents is 1. The van der Waals surface area contributed by atoms with Crippen molar-refractivity contribution in [2.75, 3.05) is 4.90 Å². The molecule has 4 rings (SSSR count). The number of carbonyl (C=O) groups is 1. The standard InChI is InChI=1S/C16H9F3N2O2S/c17-16(18,19)8-4-5-11-13(6-8)24-15(20-11)21-7-10-9(14(21)23)2-1-3-12(10)22/h1-6,22H,7H2. The van der Waals surface area contributed by atoms with E-state index >= 15 is 0 Å². The summed E-state index contributed by atoms with van der Waals surface area (Å²) in [4.78, 5) is 18.1. The van der Waals surface area contributed by atoms with E-state index in [0.29, 0.717) is 26.5 Å². The summed E-state index contributed by atoms with van der Waals surface area (Å²) in [6.07, 6.45) is -4.43. The molecule has 0 atom stereocenters. The Balaban J connectivity index is 1.76. The molecule has 3 aromatic rings. The third-order valence-corrected chi connectivity index (χ3v) is 4.92. The zero-order valence-corrected chi connectivity index (χ0v) is 12.8. The van der Waals surface area contributed by atoms with Gasteiger partial charge in [-0.25, -0.2) is 4.98 Å². The average Bonchev–Trinajstić information content (AvgIpc) is 3.08. The van der Waals surface area contributed by atoms with Crippen LogP contribution in [0.1, 0.15) is 21.5 Å². The van der Waals surface area contributed by atoms with E-state index in [4.69, 9.17) is 0 Å². The van der Waals surface area contributed by atoms with Gasteiger partial charge in [-0.1, -0.05) is 17.4 Å². The average molecular weight is 350 g/mol. The molecule has 1 aliphatic heterocycles. The normalized spacial score (nSPS) is 14.5. The molecule has 1 N–H and O–H groups in total. The van der Waals surface area contributed by atoms with Gasteiger partial charge in [0.2, 0.25) is 0 Å². The van der Waals surface area contributed by atoms with Gasteiger partial charge < -0.3 is 5.11 Å². The lowest BCUT2D eigenvalue weighted by Crippen LogP contribution is -2.22. The summed E-state index contributed by atoms with van der Waals surface area (Å²) in [5, 5.41) is 10.2. The molecule has 8 heteroatoms. The number of fused-ring (bicyclic) bond motifs is 2. The highest BCUT2D eigenvalue weighted by atomic mass is 32.1. The van der Waals surface area contributed by atoms with Gasteiger partial charge in [0.15, 0.2) is 5.13 Å². The molecule has 2 aromatic carbocycles. The molecule has 0 saturated carbocycles. The third kappa shape index (κ3) is 2.22. The highest BCUT2D eigenvalue weighted by molar-refractivity contribution is 7.22. The van der Waals surface area contributed by atoms with Crippen molar-refractivity contribution in [1.82, 2.24) is 4.98 Å². The predicted molar refractivity (Wildman–Crippen MR) is 83.2 cm³/mol. The fraction of sp³-hybridized carbons (Fsp3) is 0.125. The summed E-state index contributed by atoms with van der Waals surface area (Å²) in [7, 11) is 0. The zero-order valence-electron chi connectivity index (χ0n) is 12.0. The Labute approximate surface area is 137 Å². The number of alkyl halides is 3. The Hall–Kier alpha value is -2.61. The minimum atomic E-state index is -4.43. The minimum Gasteiger partial charge on any atom is -0.508 e. The number of thiazole rings is 1. The first-order valence-corrected chi connectivity index (χ1v) is 7.77. The Morgan fingerprint density at radius 2 is 2.00 bits per heavy atom. The molecule has 1 aliphatic rings. The number of halogens is 3. The summed E-state index contributed by atoms with van der Waals surface area (Å²) >= 11 is 1.02. The van der Waals surface area contributed by atoms with E-state index in [1.54, 1.807) is 12.1 Å². The van der Waals surface area contributed by atoms with Gasteiger partial charge in [0.1, 0.15) is 5.75 Å². The Morgan fingerprint density at radius 3 is 2.71 bits per heavy atom. The highest BCUT2D eigenvalue weighted by Crippen LogP contribution is 2.39. The van der Waals surface area contributed by atoms with Gasteiger partial charge in [-0.15, -0.1) is 0 Å². The maximum atomic E-state index is 12.8. The zero-order chi connectivity index (χ0) is 17.1. The highest BCUT2D eigenvalue weighted by Gasteiger charge is 2.33. The second-order valence-electron chi connectivity index (χ2n) is 5.37. The van der Waals surface area contributed by atoms with E-state index in [0.717, 1.165) is 23.5 Å². The van der Waals surface area contributed by atoms with E-state index in [1.807, 2.05) is 0 Å². The van der Waals surface area contributed by atoms with Crippen LogP contribution >= 0.6 is 11.3 Å². The van der Waals surface area contributed by atoms with E-state index in [1.165, 1.54) is 17.0 Å². The van der Waals surface area contributed by atoms with Crippen molar-refractivity contribution in [2.24, 2.45) is 0 Å². The van der Waals surface area contributed by atoms with Crippen LogP contribution in [0.25, 0.3) is 10.2 Å². The van der Waals surface area contributed by atoms with E-state index in [9.17, 15) is 23.1 Å². The summed E-state index contributed by atoms with van der Waals surface area (Å²) in [6, 6.07) is 7.96. The topological polar surface area (TPSA) is 53.4 Å². The van der Waals surface area contributed by atoms with E-state index in [2.05, 4.69) is 4.98 Å². The number of anilines is 1. The van der Waals surface area contributed by atoms with Gasteiger partial charge in [0, 0.05) is 11.1 Å². The van der Waals surface area contributed by atoms with Gasteiger partial charge >= 0.3 is 6.18 Å². The molecule has 1 aromatic heterocycles.